The van der Waals surface area contributed by atoms with Gasteiger partial charge in [-0.15, -0.1) is 0 Å². The molecular weight excluding hydrogens is 443 g/mol. The standard InChI is InChI=1S/C21H20BrFN2O4/c22-17-11-13(23)9-10-15(17)21(28)29-12-19(26)25-18-8-4-3-7-16(18)20(27)24-14-5-1-2-6-14/h3-4,7-11,14H,1-2,5-6,12H2,(H,24,27)(H,25,26). The largest absolute Gasteiger partial charge is 0.452 e. The summed E-state index contributed by atoms with van der Waals surface area (Å²) >= 11 is 3.08. The molecule has 2 N–H and O–H groups in total. The molecule has 0 saturated heterocycles. The second-order valence-corrected chi connectivity index (χ2v) is 7.60. The Balaban J connectivity index is 1.59. The molecule has 1 aliphatic rings. The number of anilines is 1. The zero-order chi connectivity index (χ0) is 20.8. The molecule has 1 fully saturated rings. The summed E-state index contributed by atoms with van der Waals surface area (Å²) in [7, 11) is 0. The lowest BCUT2D eigenvalue weighted by Crippen LogP contribution is -2.33. The smallest absolute Gasteiger partial charge is 0.339 e. The third kappa shape index (κ3) is 5.63. The van der Waals surface area contributed by atoms with Gasteiger partial charge in [0.15, 0.2) is 6.61 Å². The highest BCUT2D eigenvalue weighted by Crippen LogP contribution is 2.21. The van der Waals surface area contributed by atoms with Crippen molar-refractivity contribution < 1.29 is 23.5 Å². The molecule has 3 rings (SSSR count). The molecule has 2 aromatic carbocycles. The van der Waals surface area contributed by atoms with Crippen LogP contribution in [0.4, 0.5) is 10.1 Å². The fourth-order valence-electron chi connectivity index (χ4n) is 3.17. The molecule has 8 heteroatoms. The van der Waals surface area contributed by atoms with Gasteiger partial charge in [-0.25, -0.2) is 9.18 Å². The zero-order valence-corrected chi connectivity index (χ0v) is 17.1. The van der Waals surface area contributed by atoms with Crippen molar-refractivity contribution in [3.63, 3.8) is 0 Å². The first-order valence-electron chi connectivity index (χ1n) is 9.26. The Morgan fingerprint density at radius 1 is 1.07 bits per heavy atom. The van der Waals surface area contributed by atoms with E-state index in [0.717, 1.165) is 37.8 Å². The molecule has 29 heavy (non-hydrogen) atoms. The van der Waals surface area contributed by atoms with Gasteiger partial charge in [-0.2, -0.15) is 0 Å². The summed E-state index contributed by atoms with van der Waals surface area (Å²) in [6.07, 6.45) is 4.10. The normalized spacial score (nSPS) is 13.7. The van der Waals surface area contributed by atoms with Crippen LogP contribution >= 0.6 is 15.9 Å². The van der Waals surface area contributed by atoms with E-state index in [1.54, 1.807) is 24.3 Å². The summed E-state index contributed by atoms with van der Waals surface area (Å²) in [5.74, 6) is -2.10. The van der Waals surface area contributed by atoms with E-state index in [9.17, 15) is 18.8 Å². The van der Waals surface area contributed by atoms with E-state index in [1.807, 2.05) is 0 Å². The number of para-hydroxylation sites is 1. The van der Waals surface area contributed by atoms with Gasteiger partial charge in [0.05, 0.1) is 16.8 Å². The maximum Gasteiger partial charge on any atom is 0.339 e. The minimum absolute atomic E-state index is 0.107. The van der Waals surface area contributed by atoms with Crippen LogP contribution in [0.2, 0.25) is 0 Å². The molecule has 1 aliphatic carbocycles. The molecule has 6 nitrogen and oxygen atoms in total. The van der Waals surface area contributed by atoms with Crippen LogP contribution in [0.3, 0.4) is 0 Å². The molecular formula is C21H20BrFN2O4. The Morgan fingerprint density at radius 3 is 2.52 bits per heavy atom. The molecule has 0 heterocycles. The summed E-state index contributed by atoms with van der Waals surface area (Å²) in [5.41, 5.74) is 0.794. The molecule has 152 valence electrons. The molecule has 2 amide bonds. The van der Waals surface area contributed by atoms with Crippen LogP contribution in [-0.2, 0) is 9.53 Å². The van der Waals surface area contributed by atoms with Gasteiger partial charge in [-0.05, 0) is 59.1 Å². The van der Waals surface area contributed by atoms with E-state index in [4.69, 9.17) is 4.74 Å². The van der Waals surface area contributed by atoms with Gasteiger partial charge >= 0.3 is 5.97 Å². The van der Waals surface area contributed by atoms with Crippen molar-refractivity contribution in [2.45, 2.75) is 31.7 Å². The van der Waals surface area contributed by atoms with Crippen LogP contribution < -0.4 is 10.6 Å². The summed E-state index contributed by atoms with van der Waals surface area (Å²) in [4.78, 5) is 36.8. The highest BCUT2D eigenvalue weighted by atomic mass is 79.9. The quantitative estimate of drug-likeness (QED) is 0.634. The van der Waals surface area contributed by atoms with Gasteiger partial charge in [0.1, 0.15) is 5.82 Å². The van der Waals surface area contributed by atoms with Gasteiger partial charge in [0, 0.05) is 10.5 Å². The van der Waals surface area contributed by atoms with Crippen molar-refractivity contribution >= 4 is 39.4 Å². The van der Waals surface area contributed by atoms with Crippen LogP contribution in [0.1, 0.15) is 46.4 Å². The van der Waals surface area contributed by atoms with Gasteiger partial charge in [0.25, 0.3) is 11.8 Å². The molecule has 0 atom stereocenters. The van der Waals surface area contributed by atoms with E-state index in [2.05, 4.69) is 26.6 Å². The lowest BCUT2D eigenvalue weighted by molar-refractivity contribution is -0.119. The first-order chi connectivity index (χ1) is 13.9. The first kappa shape index (κ1) is 21.0. The molecule has 0 bridgehead atoms. The Kier molecular flexibility index (Phi) is 6.98. The summed E-state index contributed by atoms with van der Waals surface area (Å²) in [6.45, 7) is -0.540. The minimum atomic E-state index is -0.765. The Labute approximate surface area is 175 Å². The number of halogens is 2. The number of hydrogen-bond acceptors (Lipinski definition) is 4. The maximum atomic E-state index is 13.1. The van der Waals surface area contributed by atoms with Crippen molar-refractivity contribution in [2.75, 3.05) is 11.9 Å². The van der Waals surface area contributed by atoms with Crippen molar-refractivity contribution in [1.29, 1.82) is 0 Å². The van der Waals surface area contributed by atoms with Crippen molar-refractivity contribution in [2.24, 2.45) is 0 Å². The number of amides is 2. The van der Waals surface area contributed by atoms with Crippen LogP contribution in [-0.4, -0.2) is 30.4 Å². The van der Waals surface area contributed by atoms with Gasteiger partial charge in [-0.1, -0.05) is 25.0 Å². The topological polar surface area (TPSA) is 84.5 Å². The lowest BCUT2D eigenvalue weighted by atomic mass is 10.1. The van der Waals surface area contributed by atoms with Gasteiger partial charge in [0.2, 0.25) is 0 Å². The first-order valence-corrected chi connectivity index (χ1v) is 10.1. The molecule has 0 spiro atoms. The Hall–Kier alpha value is -2.74. The average Bonchev–Trinajstić information content (AvgIpc) is 3.19. The number of esters is 1. The van der Waals surface area contributed by atoms with E-state index < -0.39 is 24.3 Å². The maximum absolute atomic E-state index is 13.1. The molecule has 0 aliphatic heterocycles. The number of ether oxygens (including phenoxy) is 1. The van der Waals surface area contributed by atoms with E-state index >= 15 is 0 Å². The fourth-order valence-corrected chi connectivity index (χ4v) is 3.69. The zero-order valence-electron chi connectivity index (χ0n) is 15.5. The Morgan fingerprint density at radius 2 is 1.79 bits per heavy atom. The van der Waals surface area contributed by atoms with Crippen LogP contribution in [0.15, 0.2) is 46.9 Å². The van der Waals surface area contributed by atoms with Gasteiger partial charge < -0.3 is 15.4 Å². The SMILES string of the molecule is O=C(COC(=O)c1ccc(F)cc1Br)Nc1ccccc1C(=O)NC1CCCC1. The second kappa shape index (κ2) is 9.65. The van der Waals surface area contributed by atoms with Crippen molar-refractivity contribution in [3.8, 4) is 0 Å². The number of carbonyl (C=O) groups is 3. The molecule has 0 radical (unpaired) electrons. The van der Waals surface area contributed by atoms with Gasteiger partial charge in [-0.3, -0.25) is 9.59 Å². The highest BCUT2D eigenvalue weighted by molar-refractivity contribution is 9.10. The molecule has 0 aromatic heterocycles. The van der Waals surface area contributed by atoms with Crippen LogP contribution in [0.25, 0.3) is 0 Å². The minimum Gasteiger partial charge on any atom is -0.452 e. The monoisotopic (exact) mass is 462 g/mol. The predicted molar refractivity (Wildman–Crippen MR) is 109 cm³/mol. The molecule has 2 aromatic rings. The van der Waals surface area contributed by atoms with E-state index in [0.29, 0.717) is 11.3 Å². The second-order valence-electron chi connectivity index (χ2n) is 6.75. The average molecular weight is 463 g/mol. The number of carbonyl (C=O) groups excluding carboxylic acids is 3. The van der Waals surface area contributed by atoms with Crippen molar-refractivity contribution in [1.82, 2.24) is 5.32 Å². The summed E-state index contributed by atoms with van der Waals surface area (Å²) in [6, 6.07) is 10.3. The third-order valence-corrected chi connectivity index (χ3v) is 5.28. The van der Waals surface area contributed by atoms with E-state index in [1.165, 1.54) is 6.07 Å². The number of nitrogens with one attached hydrogen (secondary N) is 2. The summed E-state index contributed by atoms with van der Waals surface area (Å²) < 4.78 is 18.3. The highest BCUT2D eigenvalue weighted by Gasteiger charge is 2.20. The number of hydrogen-bond donors (Lipinski definition) is 2. The van der Waals surface area contributed by atoms with Crippen LogP contribution in [0.5, 0.6) is 0 Å². The van der Waals surface area contributed by atoms with Crippen molar-refractivity contribution in [3.05, 3.63) is 63.9 Å². The summed E-state index contributed by atoms with van der Waals surface area (Å²) in [5, 5.41) is 5.58. The molecule has 0 unspecified atom stereocenters. The number of benzene rings is 2. The Bertz CT molecular complexity index is 929. The number of rotatable bonds is 6. The van der Waals surface area contributed by atoms with E-state index in [-0.39, 0.29) is 22.0 Å². The molecule has 1 saturated carbocycles. The predicted octanol–water partition coefficient (Wildman–Crippen LogP) is 4.06. The van der Waals surface area contributed by atoms with Crippen LogP contribution in [0, 0.1) is 5.82 Å². The third-order valence-electron chi connectivity index (χ3n) is 4.62. The lowest BCUT2D eigenvalue weighted by Gasteiger charge is -2.15. The fraction of sp³-hybridized carbons (Fsp3) is 0.286.